The molecule has 9 heteroatoms. The van der Waals surface area contributed by atoms with Crippen molar-refractivity contribution in [1.29, 1.82) is 0 Å². The summed E-state index contributed by atoms with van der Waals surface area (Å²) >= 11 is 0. The number of urea groups is 1. The van der Waals surface area contributed by atoms with Gasteiger partial charge in [-0.2, -0.15) is 5.10 Å². The van der Waals surface area contributed by atoms with E-state index in [-0.39, 0.29) is 6.03 Å². The molecule has 1 aliphatic heterocycles. The third-order valence-corrected chi connectivity index (χ3v) is 5.18. The summed E-state index contributed by atoms with van der Waals surface area (Å²) in [4.78, 5) is 14.8. The van der Waals surface area contributed by atoms with Gasteiger partial charge in [0, 0.05) is 36.6 Å². The highest BCUT2D eigenvalue weighted by Gasteiger charge is 2.26. The van der Waals surface area contributed by atoms with Crippen LogP contribution in [-0.4, -0.2) is 54.4 Å². The van der Waals surface area contributed by atoms with Crippen LogP contribution in [-0.2, 0) is 0 Å². The van der Waals surface area contributed by atoms with Crippen molar-refractivity contribution in [2.75, 3.05) is 18.4 Å². The van der Waals surface area contributed by atoms with Crippen molar-refractivity contribution in [3.63, 3.8) is 0 Å². The molecule has 4 rings (SSSR count). The van der Waals surface area contributed by atoms with Crippen LogP contribution in [0.5, 0.6) is 0 Å². The van der Waals surface area contributed by atoms with Crippen molar-refractivity contribution in [1.82, 2.24) is 35.3 Å². The quantitative estimate of drug-likeness (QED) is 0.741. The minimum Gasteiger partial charge on any atom is -0.324 e. The third-order valence-electron chi connectivity index (χ3n) is 5.18. The standard InChI is InChI=1S/C18H22N8O/c1-12-8-15(26-11-20-23-24-26)9-17(13(12)2)21-18(27)25-7-3-4-14(10-25)16-5-6-19-22-16/h5-6,8-9,11,14H,3-4,7,10H2,1-2H3,(H,19,22)(H,21,27). The molecular weight excluding hydrogens is 344 g/mol. The summed E-state index contributed by atoms with van der Waals surface area (Å²) in [5, 5.41) is 21.4. The molecule has 3 heterocycles. The maximum absolute atomic E-state index is 12.9. The topological polar surface area (TPSA) is 105 Å². The van der Waals surface area contributed by atoms with Gasteiger partial charge in [0.25, 0.3) is 0 Å². The average molecular weight is 366 g/mol. The molecule has 1 fully saturated rings. The first kappa shape index (κ1) is 17.2. The van der Waals surface area contributed by atoms with E-state index in [9.17, 15) is 4.79 Å². The maximum Gasteiger partial charge on any atom is 0.321 e. The van der Waals surface area contributed by atoms with Gasteiger partial charge in [0.05, 0.1) is 5.69 Å². The van der Waals surface area contributed by atoms with Crippen LogP contribution in [0.1, 0.15) is 35.6 Å². The minimum absolute atomic E-state index is 0.0874. The Morgan fingerprint density at radius 3 is 2.96 bits per heavy atom. The molecule has 27 heavy (non-hydrogen) atoms. The van der Waals surface area contributed by atoms with Crippen molar-refractivity contribution < 1.29 is 4.79 Å². The Morgan fingerprint density at radius 1 is 1.33 bits per heavy atom. The largest absolute Gasteiger partial charge is 0.324 e. The highest BCUT2D eigenvalue weighted by atomic mass is 16.2. The molecule has 3 aromatic rings. The Labute approximate surface area is 156 Å². The second-order valence-electron chi connectivity index (χ2n) is 6.92. The lowest BCUT2D eigenvalue weighted by atomic mass is 9.95. The summed E-state index contributed by atoms with van der Waals surface area (Å²) in [7, 11) is 0. The van der Waals surface area contributed by atoms with Crippen LogP contribution >= 0.6 is 0 Å². The van der Waals surface area contributed by atoms with E-state index in [4.69, 9.17) is 0 Å². The number of amides is 2. The monoisotopic (exact) mass is 366 g/mol. The number of anilines is 1. The van der Waals surface area contributed by atoms with Crippen LogP contribution in [0.2, 0.25) is 0 Å². The number of piperidine rings is 1. The van der Waals surface area contributed by atoms with Crippen LogP contribution in [0.4, 0.5) is 10.5 Å². The zero-order valence-corrected chi connectivity index (χ0v) is 15.4. The highest BCUT2D eigenvalue weighted by molar-refractivity contribution is 5.91. The lowest BCUT2D eigenvalue weighted by Gasteiger charge is -2.32. The number of aryl methyl sites for hydroxylation is 1. The van der Waals surface area contributed by atoms with E-state index in [1.54, 1.807) is 10.9 Å². The van der Waals surface area contributed by atoms with Gasteiger partial charge in [0.1, 0.15) is 6.33 Å². The Kier molecular flexibility index (Phi) is 4.57. The van der Waals surface area contributed by atoms with Crippen LogP contribution in [0.3, 0.4) is 0 Å². The van der Waals surface area contributed by atoms with Gasteiger partial charge in [-0.3, -0.25) is 5.10 Å². The SMILES string of the molecule is Cc1cc(-n2cnnn2)cc(NC(=O)N2CCCC(c3ccn[nH]3)C2)c1C. The van der Waals surface area contributed by atoms with Crippen LogP contribution in [0, 0.1) is 13.8 Å². The predicted molar refractivity (Wildman–Crippen MR) is 99.8 cm³/mol. The van der Waals surface area contributed by atoms with E-state index in [0.29, 0.717) is 12.5 Å². The molecule has 0 radical (unpaired) electrons. The number of nitrogens with zero attached hydrogens (tertiary/aromatic N) is 6. The van der Waals surface area contributed by atoms with Gasteiger partial charge in [-0.25, -0.2) is 9.48 Å². The number of H-pyrrole nitrogens is 1. The summed E-state index contributed by atoms with van der Waals surface area (Å²) in [5.41, 5.74) is 4.76. The van der Waals surface area contributed by atoms with Gasteiger partial charge in [-0.1, -0.05) is 0 Å². The van der Waals surface area contributed by atoms with E-state index in [1.165, 1.54) is 6.33 Å². The summed E-state index contributed by atoms with van der Waals surface area (Å²) in [6.07, 6.45) is 5.32. The molecule has 1 atom stereocenters. The molecule has 0 saturated carbocycles. The van der Waals surface area contributed by atoms with Crippen LogP contribution in [0.25, 0.3) is 5.69 Å². The first-order valence-electron chi connectivity index (χ1n) is 9.01. The van der Waals surface area contributed by atoms with Crippen molar-refractivity contribution in [3.8, 4) is 5.69 Å². The summed E-state index contributed by atoms with van der Waals surface area (Å²) in [5.74, 6) is 0.294. The zero-order chi connectivity index (χ0) is 18.8. The van der Waals surface area contributed by atoms with Gasteiger partial charge in [-0.05, 0) is 66.4 Å². The predicted octanol–water partition coefficient (Wildman–Crippen LogP) is 2.41. The molecule has 0 aliphatic carbocycles. The number of aromatic nitrogens is 6. The fourth-order valence-corrected chi connectivity index (χ4v) is 3.49. The first-order valence-corrected chi connectivity index (χ1v) is 9.01. The first-order chi connectivity index (χ1) is 13.1. The molecule has 1 aromatic carbocycles. The number of aromatic amines is 1. The molecule has 140 valence electrons. The molecule has 2 amide bonds. The van der Waals surface area contributed by atoms with E-state index in [1.807, 2.05) is 36.9 Å². The molecule has 1 unspecified atom stereocenters. The van der Waals surface area contributed by atoms with Crippen molar-refractivity contribution in [3.05, 3.63) is 47.5 Å². The Balaban J connectivity index is 1.52. The normalized spacial score (nSPS) is 17.1. The number of carbonyl (C=O) groups is 1. The minimum atomic E-state index is -0.0874. The number of nitrogens with one attached hydrogen (secondary N) is 2. The number of tetrazole rings is 1. The molecule has 1 saturated heterocycles. The van der Waals surface area contributed by atoms with Crippen molar-refractivity contribution >= 4 is 11.7 Å². The number of likely N-dealkylation sites (tertiary alicyclic amines) is 1. The smallest absolute Gasteiger partial charge is 0.321 e. The second kappa shape index (κ2) is 7.18. The van der Waals surface area contributed by atoms with Gasteiger partial charge in [-0.15, -0.1) is 5.10 Å². The molecule has 0 spiro atoms. The molecule has 1 aliphatic rings. The second-order valence-corrected chi connectivity index (χ2v) is 6.92. The van der Waals surface area contributed by atoms with Crippen LogP contribution < -0.4 is 5.32 Å². The van der Waals surface area contributed by atoms with E-state index < -0.39 is 0 Å². The lowest BCUT2D eigenvalue weighted by molar-refractivity contribution is 0.192. The highest BCUT2D eigenvalue weighted by Crippen LogP contribution is 2.27. The third kappa shape index (κ3) is 3.53. The molecule has 0 bridgehead atoms. The van der Waals surface area contributed by atoms with E-state index >= 15 is 0 Å². The molecular formula is C18H22N8O. The number of hydrogen-bond donors (Lipinski definition) is 2. The molecule has 2 N–H and O–H groups in total. The summed E-state index contributed by atoms with van der Waals surface area (Å²) in [6, 6.07) is 5.79. The lowest BCUT2D eigenvalue weighted by Crippen LogP contribution is -2.41. The number of hydrogen-bond acceptors (Lipinski definition) is 5. The van der Waals surface area contributed by atoms with Gasteiger partial charge >= 0.3 is 6.03 Å². The maximum atomic E-state index is 12.9. The van der Waals surface area contributed by atoms with Crippen molar-refractivity contribution in [2.24, 2.45) is 0 Å². The Morgan fingerprint density at radius 2 is 2.22 bits per heavy atom. The zero-order valence-electron chi connectivity index (χ0n) is 15.4. The summed E-state index contributed by atoms with van der Waals surface area (Å²) < 4.78 is 1.58. The average Bonchev–Trinajstić information content (AvgIpc) is 3.39. The Bertz CT molecular complexity index is 919. The molecule has 2 aromatic heterocycles. The van der Waals surface area contributed by atoms with Crippen molar-refractivity contribution in [2.45, 2.75) is 32.6 Å². The summed E-state index contributed by atoms with van der Waals surface area (Å²) in [6.45, 7) is 5.44. The van der Waals surface area contributed by atoms with E-state index in [2.05, 4.69) is 31.0 Å². The van der Waals surface area contributed by atoms with Gasteiger partial charge < -0.3 is 10.2 Å². The van der Waals surface area contributed by atoms with Gasteiger partial charge in [0.2, 0.25) is 0 Å². The fraction of sp³-hybridized carbons (Fsp3) is 0.389. The van der Waals surface area contributed by atoms with Crippen LogP contribution in [0.15, 0.2) is 30.7 Å². The van der Waals surface area contributed by atoms with E-state index in [0.717, 1.165) is 47.6 Å². The van der Waals surface area contributed by atoms with Gasteiger partial charge in [0.15, 0.2) is 0 Å². The number of carbonyl (C=O) groups excluding carboxylic acids is 1. The number of rotatable bonds is 3. The Hall–Kier alpha value is -3.23. The fourth-order valence-electron chi connectivity index (χ4n) is 3.49. The number of benzene rings is 1. The molecule has 9 nitrogen and oxygen atoms in total.